The van der Waals surface area contributed by atoms with Crippen LogP contribution in [-0.4, -0.2) is 20.5 Å². The second kappa shape index (κ2) is 5.06. The summed E-state index contributed by atoms with van der Waals surface area (Å²) in [4.78, 5) is 13.2. The van der Waals surface area contributed by atoms with Crippen LogP contribution in [0.1, 0.15) is 5.69 Å². The highest BCUT2D eigenvalue weighted by molar-refractivity contribution is 7.94. The Kier molecular flexibility index (Phi) is 3.63. The summed E-state index contributed by atoms with van der Waals surface area (Å²) in [7, 11) is -2.35. The number of H-pyrrole nitrogens is 1. The number of para-hydroxylation sites is 2. The Morgan fingerprint density at radius 2 is 2.00 bits per heavy atom. The average Bonchev–Trinajstić information content (AvgIpc) is 2.69. The van der Waals surface area contributed by atoms with E-state index in [-0.39, 0.29) is 4.21 Å². The topological polar surface area (TPSA) is 88.3 Å². The Morgan fingerprint density at radius 1 is 1.32 bits per heavy atom. The molecule has 0 unspecified atom stereocenters. The Morgan fingerprint density at radius 3 is 2.58 bits per heavy atom. The third-order valence-corrected chi connectivity index (χ3v) is 5.35. The van der Waals surface area contributed by atoms with E-state index in [4.69, 9.17) is 4.74 Å². The molecule has 2 rings (SSSR count). The summed E-state index contributed by atoms with van der Waals surface area (Å²) in [6.07, 6.45) is 0. The summed E-state index contributed by atoms with van der Waals surface area (Å²) in [6, 6.07) is 6.65. The van der Waals surface area contributed by atoms with E-state index in [9.17, 15) is 13.2 Å². The molecule has 0 bridgehead atoms. The smallest absolute Gasteiger partial charge is 0.306 e. The molecule has 0 aliphatic carbocycles. The molecule has 0 amide bonds. The summed E-state index contributed by atoms with van der Waals surface area (Å²) in [5.74, 6) is 0.409. The van der Waals surface area contributed by atoms with Crippen LogP contribution >= 0.6 is 11.3 Å². The van der Waals surface area contributed by atoms with Gasteiger partial charge in [-0.15, -0.1) is 0 Å². The molecule has 0 saturated heterocycles. The molecule has 2 N–H and O–H groups in total. The van der Waals surface area contributed by atoms with Gasteiger partial charge in [-0.2, -0.15) is 0 Å². The van der Waals surface area contributed by atoms with Crippen LogP contribution in [0.2, 0.25) is 0 Å². The number of sulfonamides is 1. The number of aromatic nitrogens is 1. The van der Waals surface area contributed by atoms with Crippen LogP contribution in [0.3, 0.4) is 0 Å². The maximum atomic E-state index is 12.2. The van der Waals surface area contributed by atoms with Gasteiger partial charge < -0.3 is 9.72 Å². The summed E-state index contributed by atoms with van der Waals surface area (Å²) in [6.45, 7) is 1.54. The lowest BCUT2D eigenvalue weighted by Gasteiger charge is -2.10. The van der Waals surface area contributed by atoms with Gasteiger partial charge >= 0.3 is 4.87 Å². The van der Waals surface area contributed by atoms with Crippen LogP contribution in [0.5, 0.6) is 5.75 Å². The van der Waals surface area contributed by atoms with Gasteiger partial charge in [-0.1, -0.05) is 23.5 Å². The molecule has 1 aromatic heterocycles. The molecule has 0 atom stereocenters. The van der Waals surface area contributed by atoms with Crippen LogP contribution in [0, 0.1) is 6.92 Å². The minimum absolute atomic E-state index is 0.0246. The first-order valence-electron chi connectivity index (χ1n) is 5.29. The van der Waals surface area contributed by atoms with Crippen LogP contribution in [0.25, 0.3) is 0 Å². The lowest BCUT2D eigenvalue weighted by atomic mass is 10.3. The second-order valence-electron chi connectivity index (χ2n) is 3.73. The van der Waals surface area contributed by atoms with Crippen molar-refractivity contribution in [1.82, 2.24) is 4.98 Å². The molecule has 2 aromatic rings. The number of aryl methyl sites for hydroxylation is 1. The first kappa shape index (κ1) is 13.6. The largest absolute Gasteiger partial charge is 0.495 e. The number of benzene rings is 1. The molecule has 0 aliphatic rings. The third-order valence-electron chi connectivity index (χ3n) is 2.38. The van der Waals surface area contributed by atoms with Gasteiger partial charge in [0.05, 0.1) is 12.8 Å². The molecule has 8 heteroatoms. The monoisotopic (exact) mass is 300 g/mol. The first-order valence-corrected chi connectivity index (χ1v) is 7.59. The van der Waals surface area contributed by atoms with Crippen molar-refractivity contribution in [2.75, 3.05) is 11.8 Å². The summed E-state index contributed by atoms with van der Waals surface area (Å²) < 4.78 is 31.8. The van der Waals surface area contributed by atoms with Crippen LogP contribution in [-0.2, 0) is 10.0 Å². The maximum Gasteiger partial charge on any atom is 0.306 e. The van der Waals surface area contributed by atoms with Gasteiger partial charge in [0.1, 0.15) is 5.75 Å². The molecule has 0 spiro atoms. The number of hydrogen-bond acceptors (Lipinski definition) is 5. The molecule has 0 saturated carbocycles. The SMILES string of the molecule is COc1ccccc1NS(=O)(=O)c1sc(=O)[nH]c1C. The predicted molar refractivity (Wildman–Crippen MR) is 73.5 cm³/mol. The Balaban J connectivity index is 2.42. The molecular weight excluding hydrogens is 288 g/mol. The predicted octanol–water partition coefficient (Wildman–Crippen LogP) is 1.55. The van der Waals surface area contributed by atoms with Gasteiger partial charge in [0.15, 0.2) is 4.21 Å². The van der Waals surface area contributed by atoms with Crippen molar-refractivity contribution < 1.29 is 13.2 Å². The average molecular weight is 300 g/mol. The molecule has 1 aromatic carbocycles. The number of nitrogens with one attached hydrogen (secondary N) is 2. The molecule has 0 fully saturated rings. The minimum Gasteiger partial charge on any atom is -0.495 e. The van der Waals surface area contributed by atoms with Crippen LogP contribution < -0.4 is 14.3 Å². The van der Waals surface area contributed by atoms with Gasteiger partial charge in [-0.3, -0.25) is 9.52 Å². The molecule has 19 heavy (non-hydrogen) atoms. The number of rotatable bonds is 4. The fourth-order valence-electron chi connectivity index (χ4n) is 1.57. The quantitative estimate of drug-likeness (QED) is 0.896. The lowest BCUT2D eigenvalue weighted by molar-refractivity contribution is 0.417. The zero-order valence-corrected chi connectivity index (χ0v) is 11.9. The van der Waals surface area contributed by atoms with Crippen molar-refractivity contribution in [3.8, 4) is 5.75 Å². The fraction of sp³-hybridized carbons (Fsp3) is 0.182. The molecule has 1 heterocycles. The number of thiazole rings is 1. The van der Waals surface area contributed by atoms with E-state index in [2.05, 4.69) is 9.71 Å². The number of methoxy groups -OCH3 is 1. The van der Waals surface area contributed by atoms with Gasteiger partial charge in [0.25, 0.3) is 10.0 Å². The van der Waals surface area contributed by atoms with E-state index < -0.39 is 14.9 Å². The van der Waals surface area contributed by atoms with E-state index in [0.29, 0.717) is 28.5 Å². The fourth-order valence-corrected chi connectivity index (χ4v) is 3.94. The van der Waals surface area contributed by atoms with E-state index >= 15 is 0 Å². The standard InChI is InChI=1S/C11H12N2O4S2/c1-7-10(18-11(14)12-7)19(15,16)13-8-5-3-4-6-9(8)17-2/h3-6,13H,1-2H3,(H,12,14). The van der Waals surface area contributed by atoms with Gasteiger partial charge in [-0.05, 0) is 19.1 Å². The van der Waals surface area contributed by atoms with Crippen LogP contribution in [0.4, 0.5) is 5.69 Å². The molecular formula is C11H12N2O4S2. The van der Waals surface area contributed by atoms with Gasteiger partial charge in [0.2, 0.25) is 0 Å². The molecule has 102 valence electrons. The zero-order valence-electron chi connectivity index (χ0n) is 10.3. The summed E-state index contributed by atoms with van der Waals surface area (Å²) >= 11 is 0.652. The van der Waals surface area contributed by atoms with E-state index in [1.807, 2.05) is 0 Å². The van der Waals surface area contributed by atoms with Crippen molar-refractivity contribution in [2.45, 2.75) is 11.1 Å². The van der Waals surface area contributed by atoms with Gasteiger partial charge in [-0.25, -0.2) is 8.42 Å². The Labute approximate surface area is 114 Å². The van der Waals surface area contributed by atoms with E-state index in [1.165, 1.54) is 14.0 Å². The number of aromatic amines is 1. The molecule has 0 aliphatic heterocycles. The van der Waals surface area contributed by atoms with Crippen molar-refractivity contribution in [1.29, 1.82) is 0 Å². The highest BCUT2D eigenvalue weighted by Crippen LogP contribution is 2.27. The Bertz CT molecular complexity index is 746. The van der Waals surface area contributed by atoms with Crippen molar-refractivity contribution >= 4 is 27.0 Å². The lowest BCUT2D eigenvalue weighted by Crippen LogP contribution is -2.13. The first-order chi connectivity index (χ1) is 8.94. The number of hydrogen-bond donors (Lipinski definition) is 2. The number of anilines is 1. The second-order valence-corrected chi connectivity index (χ2v) is 6.59. The third kappa shape index (κ3) is 2.79. The van der Waals surface area contributed by atoms with Crippen molar-refractivity contribution in [3.05, 3.63) is 39.6 Å². The van der Waals surface area contributed by atoms with Crippen molar-refractivity contribution in [2.24, 2.45) is 0 Å². The highest BCUT2D eigenvalue weighted by atomic mass is 32.2. The highest BCUT2D eigenvalue weighted by Gasteiger charge is 2.21. The zero-order chi connectivity index (χ0) is 14.0. The maximum absolute atomic E-state index is 12.2. The minimum atomic E-state index is -3.80. The Hall–Kier alpha value is -1.80. The number of ether oxygens (including phenoxy) is 1. The normalized spacial score (nSPS) is 11.3. The summed E-state index contributed by atoms with van der Waals surface area (Å²) in [5, 5.41) is 0. The molecule has 6 nitrogen and oxygen atoms in total. The van der Waals surface area contributed by atoms with Crippen LogP contribution in [0.15, 0.2) is 33.3 Å². The van der Waals surface area contributed by atoms with Crippen molar-refractivity contribution in [3.63, 3.8) is 0 Å². The van der Waals surface area contributed by atoms with Gasteiger partial charge in [0, 0.05) is 5.69 Å². The van der Waals surface area contributed by atoms with E-state index in [0.717, 1.165) is 0 Å². The van der Waals surface area contributed by atoms with E-state index in [1.54, 1.807) is 24.3 Å². The summed E-state index contributed by atoms with van der Waals surface area (Å²) in [5.41, 5.74) is 0.641. The molecule has 0 radical (unpaired) electrons.